The van der Waals surface area contributed by atoms with Gasteiger partial charge in [-0.2, -0.15) is 0 Å². The predicted molar refractivity (Wildman–Crippen MR) is 60.5 cm³/mol. The maximum atomic E-state index is 11.6. The fourth-order valence-corrected chi connectivity index (χ4v) is 1.46. The highest BCUT2D eigenvalue weighted by atomic mass is 35.5. The van der Waals surface area contributed by atoms with Gasteiger partial charge in [0.2, 0.25) is 0 Å². The second-order valence-electron chi connectivity index (χ2n) is 3.44. The lowest BCUT2D eigenvalue weighted by Gasteiger charge is -1.99. The molecule has 4 nitrogen and oxygen atoms in total. The normalized spacial score (nSPS) is 17.0. The standard InChI is InChI=1S/C12H9ClO4/c13-10-3-1-8(2-4-10)11(14)17-7-9-5-6-16-12(9)15/h1-4,7H,5-6H2/b9-7+. The van der Waals surface area contributed by atoms with E-state index in [-0.39, 0.29) is 0 Å². The molecule has 1 aliphatic rings. The molecule has 1 aliphatic heterocycles. The van der Waals surface area contributed by atoms with Crippen molar-refractivity contribution < 1.29 is 19.1 Å². The summed E-state index contributed by atoms with van der Waals surface area (Å²) in [5, 5.41) is 0.541. The Morgan fingerprint density at radius 1 is 1.35 bits per heavy atom. The van der Waals surface area contributed by atoms with Crippen LogP contribution < -0.4 is 0 Å². The van der Waals surface area contributed by atoms with Gasteiger partial charge in [-0.1, -0.05) is 11.6 Å². The number of cyclic esters (lactones) is 1. The number of rotatable bonds is 2. The van der Waals surface area contributed by atoms with Crippen molar-refractivity contribution in [2.24, 2.45) is 0 Å². The Morgan fingerprint density at radius 3 is 2.65 bits per heavy atom. The molecule has 0 saturated carbocycles. The zero-order chi connectivity index (χ0) is 12.3. The van der Waals surface area contributed by atoms with E-state index in [4.69, 9.17) is 21.1 Å². The molecule has 2 rings (SSSR count). The third-order valence-electron chi connectivity index (χ3n) is 2.25. The van der Waals surface area contributed by atoms with Crippen LogP contribution in [0.5, 0.6) is 0 Å². The summed E-state index contributed by atoms with van der Waals surface area (Å²) in [6, 6.07) is 6.29. The first-order valence-electron chi connectivity index (χ1n) is 4.99. The number of ether oxygens (including phenoxy) is 2. The Balaban J connectivity index is 2.02. The van der Waals surface area contributed by atoms with Crippen molar-refractivity contribution in [3.8, 4) is 0 Å². The summed E-state index contributed by atoms with van der Waals surface area (Å²) in [7, 11) is 0. The summed E-state index contributed by atoms with van der Waals surface area (Å²) in [6.45, 7) is 0.336. The Bertz CT molecular complexity index is 476. The van der Waals surface area contributed by atoms with Crippen molar-refractivity contribution in [2.45, 2.75) is 6.42 Å². The minimum Gasteiger partial charge on any atom is -0.462 e. The summed E-state index contributed by atoms with van der Waals surface area (Å²) in [4.78, 5) is 22.6. The minimum atomic E-state index is -0.533. The van der Waals surface area contributed by atoms with E-state index >= 15 is 0 Å². The Labute approximate surface area is 103 Å². The van der Waals surface area contributed by atoms with Gasteiger partial charge in [0.15, 0.2) is 0 Å². The Morgan fingerprint density at radius 2 is 2.06 bits per heavy atom. The van der Waals surface area contributed by atoms with Gasteiger partial charge in [-0.25, -0.2) is 9.59 Å². The minimum absolute atomic E-state index is 0.336. The number of halogens is 1. The van der Waals surface area contributed by atoms with E-state index < -0.39 is 11.9 Å². The lowest BCUT2D eigenvalue weighted by molar-refractivity contribution is -0.135. The number of carbonyl (C=O) groups excluding carboxylic acids is 2. The monoisotopic (exact) mass is 252 g/mol. The molecule has 1 aromatic carbocycles. The molecule has 1 saturated heterocycles. The first-order chi connectivity index (χ1) is 8.16. The highest BCUT2D eigenvalue weighted by Gasteiger charge is 2.19. The second-order valence-corrected chi connectivity index (χ2v) is 3.88. The van der Waals surface area contributed by atoms with Crippen molar-refractivity contribution in [1.29, 1.82) is 0 Å². The zero-order valence-electron chi connectivity index (χ0n) is 8.81. The molecule has 1 heterocycles. The van der Waals surface area contributed by atoms with Crippen LogP contribution in [0.2, 0.25) is 5.02 Å². The van der Waals surface area contributed by atoms with Gasteiger partial charge in [-0.15, -0.1) is 0 Å². The Kier molecular flexibility index (Phi) is 3.44. The van der Waals surface area contributed by atoms with E-state index in [2.05, 4.69) is 0 Å². The Hall–Kier alpha value is -1.81. The largest absolute Gasteiger partial charge is 0.462 e. The van der Waals surface area contributed by atoms with Gasteiger partial charge in [0.25, 0.3) is 0 Å². The number of esters is 2. The van der Waals surface area contributed by atoms with Crippen molar-refractivity contribution in [1.82, 2.24) is 0 Å². The van der Waals surface area contributed by atoms with Crippen LogP contribution >= 0.6 is 11.6 Å². The molecule has 0 spiro atoms. The molecule has 0 unspecified atom stereocenters. The van der Waals surface area contributed by atoms with Crippen LogP contribution in [0.3, 0.4) is 0 Å². The molecule has 5 heteroatoms. The molecular weight excluding hydrogens is 244 g/mol. The molecule has 0 aromatic heterocycles. The zero-order valence-corrected chi connectivity index (χ0v) is 9.57. The maximum absolute atomic E-state index is 11.6. The molecule has 0 atom stereocenters. The first kappa shape index (κ1) is 11.7. The summed E-state index contributed by atoms with van der Waals surface area (Å²) in [5.41, 5.74) is 0.741. The van der Waals surface area contributed by atoms with Crippen LogP contribution in [0.25, 0.3) is 0 Å². The fourth-order valence-electron chi connectivity index (χ4n) is 1.33. The van der Waals surface area contributed by atoms with Gasteiger partial charge < -0.3 is 9.47 Å². The third-order valence-corrected chi connectivity index (χ3v) is 2.51. The molecule has 0 aliphatic carbocycles. The predicted octanol–water partition coefficient (Wildman–Crippen LogP) is 2.33. The summed E-state index contributed by atoms with van der Waals surface area (Å²) in [5.74, 6) is -0.970. The second kappa shape index (κ2) is 5.01. The van der Waals surface area contributed by atoms with E-state index in [9.17, 15) is 9.59 Å². The van der Waals surface area contributed by atoms with Crippen LogP contribution in [0.15, 0.2) is 36.1 Å². The van der Waals surface area contributed by atoms with Gasteiger partial charge in [0.05, 0.1) is 17.7 Å². The molecule has 88 valence electrons. The van der Waals surface area contributed by atoms with Crippen LogP contribution in [-0.4, -0.2) is 18.5 Å². The highest BCUT2D eigenvalue weighted by molar-refractivity contribution is 6.30. The quantitative estimate of drug-likeness (QED) is 0.461. The van der Waals surface area contributed by atoms with Crippen LogP contribution in [0, 0.1) is 0 Å². The van der Waals surface area contributed by atoms with Gasteiger partial charge >= 0.3 is 11.9 Å². The maximum Gasteiger partial charge on any atom is 0.342 e. The van der Waals surface area contributed by atoms with Crippen LogP contribution in [-0.2, 0) is 14.3 Å². The van der Waals surface area contributed by atoms with Gasteiger partial charge in [0, 0.05) is 11.4 Å². The smallest absolute Gasteiger partial charge is 0.342 e. The van der Waals surface area contributed by atoms with Crippen molar-refractivity contribution in [3.63, 3.8) is 0 Å². The molecule has 1 aromatic rings. The van der Waals surface area contributed by atoms with E-state index in [0.29, 0.717) is 29.2 Å². The number of hydrogen-bond donors (Lipinski definition) is 0. The molecular formula is C12H9ClO4. The molecule has 0 bridgehead atoms. The molecule has 1 fully saturated rings. The number of benzene rings is 1. The average molecular weight is 253 g/mol. The van der Waals surface area contributed by atoms with Gasteiger partial charge in [0.1, 0.15) is 6.26 Å². The van der Waals surface area contributed by atoms with Crippen LogP contribution in [0.4, 0.5) is 0 Å². The molecule has 17 heavy (non-hydrogen) atoms. The van der Waals surface area contributed by atoms with Crippen molar-refractivity contribution in [2.75, 3.05) is 6.61 Å². The lowest BCUT2D eigenvalue weighted by Crippen LogP contribution is -2.02. The third kappa shape index (κ3) is 2.85. The molecule has 0 radical (unpaired) electrons. The van der Waals surface area contributed by atoms with E-state index in [1.807, 2.05) is 0 Å². The average Bonchev–Trinajstić information content (AvgIpc) is 2.73. The SMILES string of the molecule is O=C1OCC/C1=C\OC(=O)c1ccc(Cl)cc1. The van der Waals surface area contributed by atoms with E-state index in [1.54, 1.807) is 24.3 Å². The highest BCUT2D eigenvalue weighted by Crippen LogP contribution is 2.14. The first-order valence-corrected chi connectivity index (χ1v) is 5.37. The van der Waals surface area contributed by atoms with Crippen molar-refractivity contribution in [3.05, 3.63) is 46.7 Å². The summed E-state index contributed by atoms with van der Waals surface area (Å²) < 4.78 is 9.58. The van der Waals surface area contributed by atoms with E-state index in [0.717, 1.165) is 6.26 Å². The van der Waals surface area contributed by atoms with Crippen LogP contribution in [0.1, 0.15) is 16.8 Å². The lowest BCUT2D eigenvalue weighted by atomic mass is 10.2. The number of hydrogen-bond acceptors (Lipinski definition) is 4. The number of carbonyl (C=O) groups is 2. The molecule has 0 N–H and O–H groups in total. The molecule has 0 amide bonds. The summed E-state index contributed by atoms with van der Waals surface area (Å²) in [6.07, 6.45) is 1.61. The van der Waals surface area contributed by atoms with Gasteiger partial charge in [-0.05, 0) is 24.3 Å². The van der Waals surface area contributed by atoms with E-state index in [1.165, 1.54) is 0 Å². The topological polar surface area (TPSA) is 52.6 Å². The summed E-state index contributed by atoms with van der Waals surface area (Å²) >= 11 is 5.69. The van der Waals surface area contributed by atoms with Gasteiger partial charge in [-0.3, -0.25) is 0 Å². The fraction of sp³-hybridized carbons (Fsp3) is 0.167. The van der Waals surface area contributed by atoms with Crippen molar-refractivity contribution >= 4 is 23.5 Å².